The summed E-state index contributed by atoms with van der Waals surface area (Å²) in [6.07, 6.45) is 1.73. The number of carbonyl (C=O) groups is 1. The van der Waals surface area contributed by atoms with E-state index in [0.29, 0.717) is 25.8 Å². The van der Waals surface area contributed by atoms with Crippen molar-refractivity contribution in [1.82, 2.24) is 5.32 Å². The van der Waals surface area contributed by atoms with Crippen LogP contribution in [0, 0.1) is 23.0 Å². The van der Waals surface area contributed by atoms with Crippen molar-refractivity contribution in [2.24, 2.45) is 0 Å². The van der Waals surface area contributed by atoms with E-state index in [1.54, 1.807) is 0 Å². The molecule has 0 aliphatic rings. The molecule has 1 aromatic rings. The molecule has 0 radical (unpaired) electrons. The normalized spacial score (nSPS) is 9.71. The fourth-order valence-electron chi connectivity index (χ4n) is 1.31. The summed E-state index contributed by atoms with van der Waals surface area (Å²) in [7, 11) is 0. The lowest BCUT2D eigenvalue weighted by Gasteiger charge is -2.05. The van der Waals surface area contributed by atoms with Crippen molar-refractivity contribution < 1.29 is 13.6 Å². The molecule has 0 spiro atoms. The smallest absolute Gasteiger partial charge is 0.254 e. The minimum atomic E-state index is -1.14. The monoisotopic (exact) mass is 238 g/mol. The van der Waals surface area contributed by atoms with Crippen LogP contribution in [0.3, 0.4) is 0 Å². The minimum Gasteiger partial charge on any atom is -0.352 e. The van der Waals surface area contributed by atoms with E-state index in [2.05, 4.69) is 5.32 Å². The lowest BCUT2D eigenvalue weighted by Crippen LogP contribution is -2.25. The maximum atomic E-state index is 13.2. The fraction of sp³-hybridized carbons (Fsp3) is 0.333. The highest BCUT2D eigenvalue weighted by Gasteiger charge is 2.13. The maximum Gasteiger partial charge on any atom is 0.254 e. The van der Waals surface area contributed by atoms with E-state index in [9.17, 15) is 13.6 Å². The van der Waals surface area contributed by atoms with Gasteiger partial charge in [-0.3, -0.25) is 4.79 Å². The molecule has 0 saturated carbocycles. The van der Waals surface area contributed by atoms with E-state index >= 15 is 0 Å². The van der Waals surface area contributed by atoms with Crippen LogP contribution in [0.4, 0.5) is 8.78 Å². The van der Waals surface area contributed by atoms with Gasteiger partial charge < -0.3 is 5.32 Å². The zero-order valence-electron chi connectivity index (χ0n) is 9.17. The third kappa shape index (κ3) is 3.83. The molecule has 0 aliphatic heterocycles. The molecule has 3 nitrogen and oxygen atoms in total. The molecule has 0 bridgehead atoms. The van der Waals surface area contributed by atoms with Crippen LogP contribution in [0.15, 0.2) is 18.2 Å². The van der Waals surface area contributed by atoms with Crippen molar-refractivity contribution in [1.29, 1.82) is 5.26 Å². The van der Waals surface area contributed by atoms with Gasteiger partial charge in [0, 0.05) is 13.0 Å². The molecule has 0 saturated heterocycles. The second kappa shape index (κ2) is 6.59. The highest BCUT2D eigenvalue weighted by atomic mass is 19.2. The first-order valence-electron chi connectivity index (χ1n) is 5.26. The second-order valence-corrected chi connectivity index (χ2v) is 3.47. The van der Waals surface area contributed by atoms with Gasteiger partial charge in [-0.2, -0.15) is 5.26 Å². The number of halogens is 2. The molecule has 0 fully saturated rings. The van der Waals surface area contributed by atoms with Gasteiger partial charge in [0.2, 0.25) is 0 Å². The van der Waals surface area contributed by atoms with Gasteiger partial charge in [-0.1, -0.05) is 6.07 Å². The van der Waals surface area contributed by atoms with E-state index in [-0.39, 0.29) is 5.56 Å². The highest BCUT2D eigenvalue weighted by Crippen LogP contribution is 2.10. The molecule has 1 amide bonds. The Morgan fingerprint density at radius 2 is 2.12 bits per heavy atom. The Balaban J connectivity index is 2.48. The Kier molecular flexibility index (Phi) is 5.08. The molecule has 90 valence electrons. The van der Waals surface area contributed by atoms with Gasteiger partial charge in [0.05, 0.1) is 11.6 Å². The number of nitriles is 1. The number of carbonyl (C=O) groups excluding carboxylic acids is 1. The summed E-state index contributed by atoms with van der Waals surface area (Å²) in [5.41, 5.74) is -0.301. The summed E-state index contributed by atoms with van der Waals surface area (Å²) >= 11 is 0. The molecule has 5 heteroatoms. The zero-order valence-corrected chi connectivity index (χ0v) is 9.17. The SMILES string of the molecule is N#CCCCCNC(=O)c1cccc(F)c1F. The van der Waals surface area contributed by atoms with Crippen LogP contribution in [0.1, 0.15) is 29.6 Å². The summed E-state index contributed by atoms with van der Waals surface area (Å²) in [5.74, 6) is -2.82. The summed E-state index contributed by atoms with van der Waals surface area (Å²) < 4.78 is 26.0. The average molecular weight is 238 g/mol. The Hall–Kier alpha value is -1.96. The predicted octanol–water partition coefficient (Wildman–Crippen LogP) is 2.39. The molecule has 1 aromatic carbocycles. The van der Waals surface area contributed by atoms with Gasteiger partial charge in [0.1, 0.15) is 0 Å². The van der Waals surface area contributed by atoms with Gasteiger partial charge in [0.15, 0.2) is 11.6 Å². The van der Waals surface area contributed by atoms with E-state index in [4.69, 9.17) is 5.26 Å². The van der Waals surface area contributed by atoms with Crippen molar-refractivity contribution in [3.05, 3.63) is 35.4 Å². The summed E-state index contributed by atoms with van der Waals surface area (Å²) in [5, 5.41) is 10.8. The van der Waals surface area contributed by atoms with Crippen LogP contribution in [-0.4, -0.2) is 12.5 Å². The van der Waals surface area contributed by atoms with E-state index in [0.717, 1.165) is 6.07 Å². The molecule has 17 heavy (non-hydrogen) atoms. The molecular formula is C12H12F2N2O. The summed E-state index contributed by atoms with van der Waals surface area (Å²) in [4.78, 5) is 11.5. The Morgan fingerprint density at radius 1 is 1.35 bits per heavy atom. The average Bonchev–Trinajstić information content (AvgIpc) is 2.32. The van der Waals surface area contributed by atoms with Crippen molar-refractivity contribution in [3.63, 3.8) is 0 Å². The number of unbranched alkanes of at least 4 members (excludes halogenated alkanes) is 2. The van der Waals surface area contributed by atoms with Crippen molar-refractivity contribution in [2.75, 3.05) is 6.54 Å². The first-order valence-corrected chi connectivity index (χ1v) is 5.26. The van der Waals surface area contributed by atoms with E-state index in [1.165, 1.54) is 12.1 Å². The van der Waals surface area contributed by atoms with Crippen LogP contribution >= 0.6 is 0 Å². The largest absolute Gasteiger partial charge is 0.352 e. The Morgan fingerprint density at radius 3 is 2.82 bits per heavy atom. The van der Waals surface area contributed by atoms with E-state index < -0.39 is 17.5 Å². The van der Waals surface area contributed by atoms with Crippen LogP contribution in [0.2, 0.25) is 0 Å². The summed E-state index contributed by atoms with van der Waals surface area (Å²) in [6.45, 7) is 0.344. The quantitative estimate of drug-likeness (QED) is 0.801. The molecule has 0 heterocycles. The Bertz CT molecular complexity index is 441. The summed E-state index contributed by atoms with van der Waals surface area (Å²) in [6, 6.07) is 5.45. The number of amides is 1. The highest BCUT2D eigenvalue weighted by molar-refractivity contribution is 5.94. The first kappa shape index (κ1) is 13.1. The van der Waals surface area contributed by atoms with Crippen LogP contribution < -0.4 is 5.32 Å². The molecule has 1 N–H and O–H groups in total. The number of nitrogens with zero attached hydrogens (tertiary/aromatic N) is 1. The first-order chi connectivity index (χ1) is 8.16. The number of nitrogens with one attached hydrogen (secondary N) is 1. The third-order valence-electron chi connectivity index (χ3n) is 2.20. The van der Waals surface area contributed by atoms with Gasteiger partial charge in [-0.15, -0.1) is 0 Å². The lowest BCUT2D eigenvalue weighted by atomic mass is 10.2. The standard InChI is InChI=1S/C12H12F2N2O/c13-10-6-4-5-9(11(10)14)12(17)16-8-3-1-2-7-15/h4-6H,1-3,8H2,(H,16,17). The predicted molar refractivity (Wildman–Crippen MR) is 58.2 cm³/mol. The van der Waals surface area contributed by atoms with Crippen LogP contribution in [-0.2, 0) is 0 Å². The van der Waals surface area contributed by atoms with Crippen LogP contribution in [0.5, 0.6) is 0 Å². The molecule has 0 aliphatic carbocycles. The second-order valence-electron chi connectivity index (χ2n) is 3.47. The van der Waals surface area contributed by atoms with Crippen molar-refractivity contribution in [2.45, 2.75) is 19.3 Å². The maximum absolute atomic E-state index is 13.2. The minimum absolute atomic E-state index is 0.301. The Labute approximate surface area is 98.1 Å². The van der Waals surface area contributed by atoms with Gasteiger partial charge in [-0.25, -0.2) is 8.78 Å². The molecular weight excluding hydrogens is 226 g/mol. The lowest BCUT2D eigenvalue weighted by molar-refractivity contribution is 0.0948. The van der Waals surface area contributed by atoms with Crippen molar-refractivity contribution in [3.8, 4) is 6.07 Å². The molecule has 0 atom stereocenters. The zero-order chi connectivity index (χ0) is 12.7. The van der Waals surface area contributed by atoms with Gasteiger partial charge >= 0.3 is 0 Å². The fourth-order valence-corrected chi connectivity index (χ4v) is 1.31. The molecule has 0 aromatic heterocycles. The number of hydrogen-bond donors (Lipinski definition) is 1. The number of benzene rings is 1. The van der Waals surface area contributed by atoms with Gasteiger partial charge in [-0.05, 0) is 25.0 Å². The molecule has 1 rings (SSSR count). The number of rotatable bonds is 5. The molecule has 0 unspecified atom stereocenters. The van der Waals surface area contributed by atoms with Crippen LogP contribution in [0.25, 0.3) is 0 Å². The van der Waals surface area contributed by atoms with Gasteiger partial charge in [0.25, 0.3) is 5.91 Å². The van der Waals surface area contributed by atoms with Crippen molar-refractivity contribution >= 4 is 5.91 Å². The number of hydrogen-bond acceptors (Lipinski definition) is 2. The van der Waals surface area contributed by atoms with E-state index in [1.807, 2.05) is 6.07 Å². The topological polar surface area (TPSA) is 52.9 Å². The third-order valence-corrected chi connectivity index (χ3v) is 2.20.